The van der Waals surface area contributed by atoms with Crippen LogP contribution in [0, 0.1) is 6.92 Å². The van der Waals surface area contributed by atoms with Gasteiger partial charge in [-0.2, -0.15) is 0 Å². The lowest BCUT2D eigenvalue weighted by atomic mass is 10.3. The highest BCUT2D eigenvalue weighted by Crippen LogP contribution is 2.18. The van der Waals surface area contributed by atoms with Gasteiger partial charge in [0.1, 0.15) is 16.3 Å². The number of hydrogen-bond acceptors (Lipinski definition) is 4. The number of fused-ring (bicyclic) bond motifs is 2. The molecule has 4 aromatic rings. The molecule has 0 radical (unpaired) electrons. The minimum absolute atomic E-state index is 0.0768. The maximum absolute atomic E-state index is 12.0. The zero-order valence-corrected chi connectivity index (χ0v) is 12.1. The molecule has 0 aliphatic carbocycles. The van der Waals surface area contributed by atoms with Gasteiger partial charge in [-0.25, -0.2) is 9.97 Å². The molecule has 104 valence electrons. The van der Waals surface area contributed by atoms with Crippen LogP contribution in [-0.2, 0) is 6.54 Å². The molecule has 1 N–H and O–H groups in total. The lowest BCUT2D eigenvalue weighted by molar-refractivity contribution is 0.739. The predicted molar refractivity (Wildman–Crippen MR) is 83.8 cm³/mol. The molecule has 0 saturated heterocycles. The van der Waals surface area contributed by atoms with E-state index in [4.69, 9.17) is 0 Å². The van der Waals surface area contributed by atoms with E-state index in [-0.39, 0.29) is 5.56 Å². The molecular weight excluding hydrogens is 284 g/mol. The Hall–Kier alpha value is -2.47. The lowest BCUT2D eigenvalue weighted by Crippen LogP contribution is -2.13. The van der Waals surface area contributed by atoms with E-state index < -0.39 is 0 Å². The van der Waals surface area contributed by atoms with Crippen molar-refractivity contribution < 1.29 is 0 Å². The number of benzene rings is 1. The number of H-pyrrole nitrogens is 1. The Bertz CT molecular complexity index is 1010. The van der Waals surface area contributed by atoms with E-state index in [1.54, 1.807) is 0 Å². The molecule has 5 nitrogen and oxygen atoms in total. The van der Waals surface area contributed by atoms with Crippen molar-refractivity contribution in [1.82, 2.24) is 19.5 Å². The van der Waals surface area contributed by atoms with Gasteiger partial charge in [-0.15, -0.1) is 11.3 Å². The van der Waals surface area contributed by atoms with Crippen molar-refractivity contribution in [3.63, 3.8) is 0 Å². The van der Waals surface area contributed by atoms with Crippen molar-refractivity contribution in [3.8, 4) is 0 Å². The summed E-state index contributed by atoms with van der Waals surface area (Å²) in [6.45, 7) is 2.47. The van der Waals surface area contributed by atoms with Gasteiger partial charge in [0.15, 0.2) is 0 Å². The van der Waals surface area contributed by atoms with Crippen LogP contribution in [0.1, 0.15) is 11.6 Å². The molecule has 0 spiro atoms. The zero-order chi connectivity index (χ0) is 14.4. The quantitative estimate of drug-likeness (QED) is 0.618. The normalized spacial score (nSPS) is 11.5. The van der Waals surface area contributed by atoms with Gasteiger partial charge >= 0.3 is 0 Å². The van der Waals surface area contributed by atoms with Crippen LogP contribution < -0.4 is 5.56 Å². The van der Waals surface area contributed by atoms with E-state index in [9.17, 15) is 4.79 Å². The number of aryl methyl sites for hydroxylation is 1. The average Bonchev–Trinajstić information content (AvgIpc) is 3.05. The van der Waals surface area contributed by atoms with Gasteiger partial charge < -0.3 is 9.55 Å². The molecule has 6 heteroatoms. The fourth-order valence-corrected chi connectivity index (χ4v) is 3.27. The monoisotopic (exact) mass is 296 g/mol. The van der Waals surface area contributed by atoms with Crippen LogP contribution in [0.2, 0.25) is 0 Å². The van der Waals surface area contributed by atoms with Crippen LogP contribution in [0.3, 0.4) is 0 Å². The summed E-state index contributed by atoms with van der Waals surface area (Å²) < 4.78 is 2.73. The molecule has 0 bridgehead atoms. The van der Waals surface area contributed by atoms with E-state index in [0.717, 1.165) is 22.4 Å². The molecule has 0 saturated carbocycles. The van der Waals surface area contributed by atoms with Gasteiger partial charge in [0.2, 0.25) is 0 Å². The van der Waals surface area contributed by atoms with Crippen molar-refractivity contribution in [2.45, 2.75) is 13.5 Å². The Morgan fingerprint density at radius 1 is 1.19 bits per heavy atom. The molecule has 0 aliphatic rings. The first kappa shape index (κ1) is 12.3. The van der Waals surface area contributed by atoms with Gasteiger partial charge in [0.25, 0.3) is 5.56 Å². The first-order chi connectivity index (χ1) is 10.2. The number of thiophene rings is 1. The van der Waals surface area contributed by atoms with Crippen LogP contribution in [0.25, 0.3) is 21.3 Å². The van der Waals surface area contributed by atoms with Gasteiger partial charge in [0, 0.05) is 0 Å². The lowest BCUT2D eigenvalue weighted by Gasteiger charge is -2.06. The number of aromatic amines is 1. The number of para-hydroxylation sites is 2. The Labute approximate surface area is 123 Å². The second-order valence-corrected chi connectivity index (χ2v) is 5.80. The summed E-state index contributed by atoms with van der Waals surface area (Å²) in [5.74, 6) is 1.56. The number of imidazole rings is 1. The van der Waals surface area contributed by atoms with E-state index >= 15 is 0 Å². The molecule has 0 amide bonds. The molecule has 21 heavy (non-hydrogen) atoms. The van der Waals surface area contributed by atoms with Crippen molar-refractivity contribution in [2.75, 3.05) is 0 Å². The fraction of sp³-hybridized carbons (Fsp3) is 0.133. The van der Waals surface area contributed by atoms with Crippen LogP contribution >= 0.6 is 11.3 Å². The molecule has 3 aromatic heterocycles. The number of hydrogen-bond donors (Lipinski definition) is 1. The van der Waals surface area contributed by atoms with Crippen LogP contribution in [0.15, 0.2) is 40.5 Å². The minimum atomic E-state index is -0.0768. The second kappa shape index (κ2) is 4.53. The molecule has 0 aliphatic heterocycles. The molecule has 3 heterocycles. The molecular formula is C15H12N4OS. The first-order valence-corrected chi connectivity index (χ1v) is 7.48. The van der Waals surface area contributed by atoms with Crippen molar-refractivity contribution in [2.24, 2.45) is 0 Å². The van der Waals surface area contributed by atoms with Gasteiger partial charge in [-0.05, 0) is 30.5 Å². The van der Waals surface area contributed by atoms with Crippen molar-refractivity contribution in [3.05, 3.63) is 57.7 Å². The summed E-state index contributed by atoms with van der Waals surface area (Å²) in [6.07, 6.45) is 0. The molecule has 0 fully saturated rings. The Morgan fingerprint density at radius 3 is 2.95 bits per heavy atom. The van der Waals surface area contributed by atoms with Crippen molar-refractivity contribution >= 4 is 32.6 Å². The highest BCUT2D eigenvalue weighted by molar-refractivity contribution is 7.17. The Balaban J connectivity index is 1.86. The third-order valence-electron chi connectivity index (χ3n) is 3.52. The summed E-state index contributed by atoms with van der Waals surface area (Å²) in [6, 6.07) is 9.83. The molecule has 1 aromatic carbocycles. The average molecular weight is 296 g/mol. The van der Waals surface area contributed by atoms with E-state index in [1.165, 1.54) is 11.3 Å². The predicted octanol–water partition coefficient (Wildman–Crippen LogP) is 2.69. The SMILES string of the molecule is Cc1nc2ccccc2n1Cc1nc2ccsc2c(=O)[nH]1. The van der Waals surface area contributed by atoms with Gasteiger partial charge in [0.05, 0.1) is 23.1 Å². The third kappa shape index (κ3) is 1.95. The van der Waals surface area contributed by atoms with Gasteiger partial charge in [-0.1, -0.05) is 12.1 Å². The number of nitrogens with one attached hydrogen (secondary N) is 1. The largest absolute Gasteiger partial charge is 0.321 e. The fourth-order valence-electron chi connectivity index (χ4n) is 2.54. The van der Waals surface area contributed by atoms with Crippen LogP contribution in [0.5, 0.6) is 0 Å². The summed E-state index contributed by atoms with van der Waals surface area (Å²) in [5.41, 5.74) is 2.67. The van der Waals surface area contributed by atoms with E-state index in [2.05, 4.69) is 19.5 Å². The standard InChI is InChI=1S/C15H12N4OS/c1-9-16-10-4-2-3-5-12(10)19(9)8-13-17-11-6-7-21-14(11)15(20)18-13/h2-7H,8H2,1H3,(H,17,18,20). The highest BCUT2D eigenvalue weighted by atomic mass is 32.1. The van der Waals surface area contributed by atoms with Crippen LogP contribution in [0.4, 0.5) is 0 Å². The van der Waals surface area contributed by atoms with Crippen LogP contribution in [-0.4, -0.2) is 19.5 Å². The zero-order valence-electron chi connectivity index (χ0n) is 11.3. The van der Waals surface area contributed by atoms with Crippen molar-refractivity contribution in [1.29, 1.82) is 0 Å². The molecule has 4 rings (SSSR count). The number of nitrogens with zero attached hydrogens (tertiary/aromatic N) is 3. The van der Waals surface area contributed by atoms with E-state index in [1.807, 2.05) is 42.6 Å². The Morgan fingerprint density at radius 2 is 2.05 bits per heavy atom. The summed E-state index contributed by atoms with van der Waals surface area (Å²) in [5, 5.41) is 1.88. The second-order valence-electron chi connectivity index (χ2n) is 4.88. The topological polar surface area (TPSA) is 63.6 Å². The third-order valence-corrected chi connectivity index (χ3v) is 4.42. The number of aromatic nitrogens is 4. The summed E-state index contributed by atoms with van der Waals surface area (Å²) >= 11 is 1.41. The van der Waals surface area contributed by atoms with E-state index in [0.29, 0.717) is 17.1 Å². The Kier molecular flexibility index (Phi) is 2.65. The smallest absolute Gasteiger partial charge is 0.268 e. The highest BCUT2D eigenvalue weighted by Gasteiger charge is 2.10. The summed E-state index contributed by atoms with van der Waals surface area (Å²) in [7, 11) is 0. The molecule has 0 unspecified atom stereocenters. The summed E-state index contributed by atoms with van der Waals surface area (Å²) in [4.78, 5) is 23.9. The first-order valence-electron chi connectivity index (χ1n) is 6.60. The maximum atomic E-state index is 12.0. The van der Waals surface area contributed by atoms with Gasteiger partial charge in [-0.3, -0.25) is 4.79 Å². The minimum Gasteiger partial charge on any atom is -0.321 e. The maximum Gasteiger partial charge on any atom is 0.268 e. The number of rotatable bonds is 2. The molecule has 0 atom stereocenters.